The lowest BCUT2D eigenvalue weighted by molar-refractivity contribution is 0.252. The monoisotopic (exact) mass is 282 g/mol. The molecule has 0 saturated carbocycles. The van der Waals surface area contributed by atoms with E-state index in [4.69, 9.17) is 0 Å². The van der Waals surface area contributed by atoms with Crippen molar-refractivity contribution in [1.82, 2.24) is 10.4 Å². The minimum absolute atomic E-state index is 0.383. The second-order valence-corrected chi connectivity index (χ2v) is 4.85. The van der Waals surface area contributed by atoms with E-state index in [1.165, 1.54) is 6.21 Å². The van der Waals surface area contributed by atoms with E-state index >= 15 is 0 Å². The van der Waals surface area contributed by atoms with Gasteiger partial charge < -0.3 is 5.32 Å². The number of nitrogens with zero attached hydrogens (tertiary/aromatic N) is 2. The SMILES string of the molecule is Cc1ccc(NC(=O)N/N=C/c2ncccc2C)c(C)c1. The van der Waals surface area contributed by atoms with Gasteiger partial charge in [-0.2, -0.15) is 5.10 Å². The van der Waals surface area contributed by atoms with Crippen LogP contribution in [0, 0.1) is 20.8 Å². The first-order valence-corrected chi connectivity index (χ1v) is 6.65. The molecule has 5 heteroatoms. The molecule has 0 atom stereocenters. The topological polar surface area (TPSA) is 66.4 Å². The summed E-state index contributed by atoms with van der Waals surface area (Å²) in [5, 5.41) is 6.65. The van der Waals surface area contributed by atoms with E-state index in [0.717, 1.165) is 28.1 Å². The molecule has 2 N–H and O–H groups in total. The van der Waals surface area contributed by atoms with Crippen LogP contribution in [0.15, 0.2) is 41.6 Å². The number of anilines is 1. The molecular formula is C16H18N4O. The van der Waals surface area contributed by atoms with Crippen LogP contribution in [0.3, 0.4) is 0 Å². The van der Waals surface area contributed by atoms with Gasteiger partial charge >= 0.3 is 6.03 Å². The first-order valence-electron chi connectivity index (χ1n) is 6.65. The summed E-state index contributed by atoms with van der Waals surface area (Å²) in [7, 11) is 0. The molecule has 1 aromatic heterocycles. The highest BCUT2D eigenvalue weighted by molar-refractivity contribution is 5.91. The number of amides is 2. The first-order chi connectivity index (χ1) is 10.1. The number of carbonyl (C=O) groups excluding carboxylic acids is 1. The van der Waals surface area contributed by atoms with Gasteiger partial charge in [0, 0.05) is 11.9 Å². The van der Waals surface area contributed by atoms with Crippen molar-refractivity contribution in [3.8, 4) is 0 Å². The van der Waals surface area contributed by atoms with Crippen molar-refractivity contribution in [2.75, 3.05) is 5.32 Å². The Bertz CT molecular complexity index is 680. The Balaban J connectivity index is 1.95. The van der Waals surface area contributed by atoms with E-state index in [1.54, 1.807) is 6.20 Å². The number of carbonyl (C=O) groups is 1. The summed E-state index contributed by atoms with van der Waals surface area (Å²) >= 11 is 0. The molecule has 0 aliphatic rings. The maximum Gasteiger partial charge on any atom is 0.339 e. The lowest BCUT2D eigenvalue weighted by atomic mass is 10.1. The molecule has 108 valence electrons. The van der Waals surface area contributed by atoms with Gasteiger partial charge in [0.1, 0.15) is 0 Å². The third kappa shape index (κ3) is 4.14. The summed E-state index contributed by atoms with van der Waals surface area (Å²) in [5.41, 5.74) is 7.08. The van der Waals surface area contributed by atoms with Gasteiger partial charge in [0.15, 0.2) is 0 Å². The molecule has 5 nitrogen and oxygen atoms in total. The molecular weight excluding hydrogens is 264 g/mol. The fraction of sp³-hybridized carbons (Fsp3) is 0.188. The van der Waals surface area contributed by atoms with E-state index in [-0.39, 0.29) is 6.03 Å². The number of urea groups is 1. The first kappa shape index (κ1) is 14.7. The second kappa shape index (κ2) is 6.65. The van der Waals surface area contributed by atoms with Crippen molar-refractivity contribution in [1.29, 1.82) is 0 Å². The summed E-state index contributed by atoms with van der Waals surface area (Å²) in [5.74, 6) is 0. The third-order valence-corrected chi connectivity index (χ3v) is 3.03. The second-order valence-electron chi connectivity index (χ2n) is 4.85. The summed E-state index contributed by atoms with van der Waals surface area (Å²) < 4.78 is 0. The smallest absolute Gasteiger partial charge is 0.306 e. The van der Waals surface area contributed by atoms with E-state index in [9.17, 15) is 4.79 Å². The van der Waals surface area contributed by atoms with Gasteiger partial charge in [0.05, 0.1) is 11.9 Å². The van der Waals surface area contributed by atoms with Gasteiger partial charge in [-0.25, -0.2) is 10.2 Å². The van der Waals surface area contributed by atoms with E-state index < -0.39 is 0 Å². The number of rotatable bonds is 3. The molecule has 0 radical (unpaired) electrons. The Labute approximate surface area is 124 Å². The molecule has 1 aromatic carbocycles. The van der Waals surface area contributed by atoms with Crippen molar-refractivity contribution in [2.45, 2.75) is 20.8 Å². The van der Waals surface area contributed by atoms with Gasteiger partial charge in [-0.1, -0.05) is 23.8 Å². The molecule has 2 amide bonds. The number of hydrazone groups is 1. The van der Waals surface area contributed by atoms with E-state index in [0.29, 0.717) is 0 Å². The number of aromatic nitrogens is 1. The van der Waals surface area contributed by atoms with Gasteiger partial charge in [-0.05, 0) is 44.0 Å². The quantitative estimate of drug-likeness (QED) is 0.670. The maximum atomic E-state index is 11.8. The maximum absolute atomic E-state index is 11.8. The van der Waals surface area contributed by atoms with Crippen molar-refractivity contribution >= 4 is 17.9 Å². The molecule has 0 aliphatic carbocycles. The predicted molar refractivity (Wildman–Crippen MR) is 84.6 cm³/mol. The summed E-state index contributed by atoms with van der Waals surface area (Å²) in [6.07, 6.45) is 3.21. The Hall–Kier alpha value is -2.69. The molecule has 1 heterocycles. The van der Waals surface area contributed by atoms with Crippen LogP contribution in [0.5, 0.6) is 0 Å². The zero-order valence-electron chi connectivity index (χ0n) is 12.3. The minimum atomic E-state index is -0.383. The third-order valence-electron chi connectivity index (χ3n) is 3.03. The zero-order valence-corrected chi connectivity index (χ0v) is 12.3. The van der Waals surface area contributed by atoms with Crippen LogP contribution >= 0.6 is 0 Å². The van der Waals surface area contributed by atoms with Crippen LogP contribution in [-0.4, -0.2) is 17.2 Å². The Morgan fingerprint density at radius 1 is 1.19 bits per heavy atom. The van der Waals surface area contributed by atoms with E-state index in [1.807, 2.05) is 51.1 Å². The Kier molecular flexibility index (Phi) is 4.66. The van der Waals surface area contributed by atoms with Crippen LogP contribution < -0.4 is 10.7 Å². The van der Waals surface area contributed by atoms with Crippen LogP contribution in [-0.2, 0) is 0 Å². The van der Waals surface area contributed by atoms with Gasteiger partial charge in [0.2, 0.25) is 0 Å². The number of hydrogen-bond acceptors (Lipinski definition) is 3. The highest BCUT2D eigenvalue weighted by Crippen LogP contribution is 2.15. The average molecular weight is 282 g/mol. The van der Waals surface area contributed by atoms with Crippen molar-refractivity contribution in [3.05, 3.63) is 58.9 Å². The summed E-state index contributed by atoms with van der Waals surface area (Å²) in [4.78, 5) is 15.9. The number of benzene rings is 1. The van der Waals surface area contributed by atoms with Crippen molar-refractivity contribution in [2.24, 2.45) is 5.10 Å². The standard InChI is InChI=1S/C16H18N4O/c1-11-6-7-14(13(3)9-11)19-16(21)20-18-10-15-12(2)5-4-8-17-15/h4-10H,1-3H3,(H2,19,20,21)/b18-10+. The number of hydrogen-bond donors (Lipinski definition) is 2. The number of aryl methyl sites for hydroxylation is 3. The van der Waals surface area contributed by atoms with Crippen molar-refractivity contribution < 1.29 is 4.79 Å². The highest BCUT2D eigenvalue weighted by Gasteiger charge is 2.03. The molecule has 0 bridgehead atoms. The highest BCUT2D eigenvalue weighted by atomic mass is 16.2. The Morgan fingerprint density at radius 3 is 2.71 bits per heavy atom. The van der Waals surface area contributed by atoms with Crippen molar-refractivity contribution in [3.63, 3.8) is 0 Å². The van der Waals surface area contributed by atoms with Crippen LogP contribution in [0.4, 0.5) is 10.5 Å². The number of pyridine rings is 1. The minimum Gasteiger partial charge on any atom is -0.306 e. The lowest BCUT2D eigenvalue weighted by Crippen LogP contribution is -2.24. The van der Waals surface area contributed by atoms with Crippen LogP contribution in [0.2, 0.25) is 0 Å². The van der Waals surface area contributed by atoms with Crippen LogP contribution in [0.1, 0.15) is 22.4 Å². The fourth-order valence-electron chi connectivity index (χ4n) is 1.89. The predicted octanol–water partition coefficient (Wildman–Crippen LogP) is 3.16. The van der Waals surface area contributed by atoms with Gasteiger partial charge in [0.25, 0.3) is 0 Å². The molecule has 0 saturated heterocycles. The average Bonchev–Trinajstić information content (AvgIpc) is 2.44. The molecule has 21 heavy (non-hydrogen) atoms. The molecule has 2 rings (SSSR count). The summed E-state index contributed by atoms with van der Waals surface area (Å²) in [6.45, 7) is 5.89. The molecule has 0 aliphatic heterocycles. The molecule has 0 unspecified atom stereocenters. The van der Waals surface area contributed by atoms with Gasteiger partial charge in [-0.15, -0.1) is 0 Å². The lowest BCUT2D eigenvalue weighted by Gasteiger charge is -2.08. The molecule has 0 spiro atoms. The van der Waals surface area contributed by atoms with Crippen LogP contribution in [0.25, 0.3) is 0 Å². The van der Waals surface area contributed by atoms with Gasteiger partial charge in [-0.3, -0.25) is 4.98 Å². The normalized spacial score (nSPS) is 10.6. The fourth-order valence-corrected chi connectivity index (χ4v) is 1.89. The summed E-state index contributed by atoms with van der Waals surface area (Å²) in [6, 6.07) is 9.24. The molecule has 0 fully saturated rings. The van der Waals surface area contributed by atoms with E-state index in [2.05, 4.69) is 20.8 Å². The molecule has 2 aromatic rings. The Morgan fingerprint density at radius 2 is 2.00 bits per heavy atom. The number of nitrogens with one attached hydrogen (secondary N) is 2. The largest absolute Gasteiger partial charge is 0.339 e. The zero-order chi connectivity index (χ0) is 15.2.